The van der Waals surface area contributed by atoms with E-state index in [0.29, 0.717) is 17.0 Å². The Hall–Kier alpha value is -1.06. The Kier molecular flexibility index (Phi) is 4.77. The molecule has 3 nitrogen and oxygen atoms in total. The number of hydrogen-bond acceptors (Lipinski definition) is 2. The number of amides is 1. The smallest absolute Gasteiger partial charge is 0.253 e. The quantitative estimate of drug-likeness (QED) is 0.849. The van der Waals surface area contributed by atoms with Crippen molar-refractivity contribution in [2.24, 2.45) is 0 Å². The van der Waals surface area contributed by atoms with Crippen molar-refractivity contribution in [2.75, 3.05) is 6.61 Å². The Bertz CT molecular complexity index is 375. The van der Waals surface area contributed by atoms with Gasteiger partial charge in [-0.15, -0.1) is 0 Å². The van der Waals surface area contributed by atoms with E-state index >= 15 is 0 Å². The van der Waals surface area contributed by atoms with E-state index in [2.05, 4.69) is 5.32 Å². The molecule has 88 valence electrons. The van der Waals surface area contributed by atoms with Crippen molar-refractivity contribution in [3.05, 3.63) is 34.3 Å². The van der Waals surface area contributed by atoms with Crippen LogP contribution in [0.3, 0.4) is 0 Å². The van der Waals surface area contributed by atoms with Crippen molar-refractivity contribution in [1.82, 2.24) is 5.32 Å². The molecule has 0 bridgehead atoms. The summed E-state index contributed by atoms with van der Waals surface area (Å²) in [5.74, 6) is -0.241. The molecule has 0 aromatic heterocycles. The number of nitrogens with one attached hydrogen (secondary N) is 1. The van der Waals surface area contributed by atoms with Gasteiger partial charge in [-0.1, -0.05) is 30.7 Å². The van der Waals surface area contributed by atoms with E-state index in [1.165, 1.54) is 0 Å². The normalized spacial score (nSPS) is 12.2. The topological polar surface area (TPSA) is 49.3 Å². The van der Waals surface area contributed by atoms with Crippen molar-refractivity contribution >= 4 is 17.5 Å². The highest BCUT2D eigenvalue weighted by molar-refractivity contribution is 6.34. The van der Waals surface area contributed by atoms with Crippen LogP contribution >= 0.6 is 11.6 Å². The predicted molar refractivity (Wildman–Crippen MR) is 64.8 cm³/mol. The van der Waals surface area contributed by atoms with Crippen LogP contribution in [0.1, 0.15) is 29.3 Å². The standard InChI is InChI=1S/C12H16ClNO2/c1-3-9(7-15)14-12(16)10-6-4-5-8(2)11(10)13/h4-6,9,15H,3,7H2,1-2H3,(H,14,16). The van der Waals surface area contributed by atoms with Crippen LogP contribution in [-0.4, -0.2) is 23.7 Å². The molecule has 2 N–H and O–H groups in total. The van der Waals surface area contributed by atoms with E-state index in [1.807, 2.05) is 19.9 Å². The third-order valence-corrected chi connectivity index (χ3v) is 2.99. The summed E-state index contributed by atoms with van der Waals surface area (Å²) >= 11 is 6.03. The van der Waals surface area contributed by atoms with Gasteiger partial charge in [-0.25, -0.2) is 0 Å². The van der Waals surface area contributed by atoms with E-state index in [-0.39, 0.29) is 18.6 Å². The molecule has 16 heavy (non-hydrogen) atoms. The maximum absolute atomic E-state index is 11.8. The lowest BCUT2D eigenvalue weighted by Gasteiger charge is -2.15. The second-order valence-corrected chi connectivity index (χ2v) is 4.08. The molecule has 1 amide bonds. The number of aliphatic hydroxyl groups excluding tert-OH is 1. The zero-order valence-electron chi connectivity index (χ0n) is 9.46. The van der Waals surface area contributed by atoms with E-state index < -0.39 is 0 Å². The van der Waals surface area contributed by atoms with Gasteiger partial charge in [-0.2, -0.15) is 0 Å². The number of halogens is 1. The highest BCUT2D eigenvalue weighted by Crippen LogP contribution is 2.20. The van der Waals surface area contributed by atoms with E-state index in [9.17, 15) is 4.79 Å². The second-order valence-electron chi connectivity index (χ2n) is 3.70. The van der Waals surface area contributed by atoms with E-state index in [4.69, 9.17) is 16.7 Å². The molecule has 1 aromatic rings. The number of carbonyl (C=O) groups excluding carboxylic acids is 1. The van der Waals surface area contributed by atoms with Gasteiger partial charge < -0.3 is 10.4 Å². The lowest BCUT2D eigenvalue weighted by Crippen LogP contribution is -2.37. The molecule has 0 heterocycles. The van der Waals surface area contributed by atoms with Crippen LogP contribution in [0.4, 0.5) is 0 Å². The average molecular weight is 242 g/mol. The first-order valence-electron chi connectivity index (χ1n) is 5.27. The maximum Gasteiger partial charge on any atom is 0.253 e. The summed E-state index contributed by atoms with van der Waals surface area (Å²) in [5, 5.41) is 12.2. The molecular weight excluding hydrogens is 226 g/mol. The summed E-state index contributed by atoms with van der Waals surface area (Å²) in [5.41, 5.74) is 1.32. The van der Waals surface area contributed by atoms with Gasteiger partial charge in [0.1, 0.15) is 0 Å². The summed E-state index contributed by atoms with van der Waals surface area (Å²) in [7, 11) is 0. The number of rotatable bonds is 4. The minimum Gasteiger partial charge on any atom is -0.394 e. The van der Waals surface area contributed by atoms with Crippen molar-refractivity contribution in [3.63, 3.8) is 0 Å². The Labute approximate surface area is 100 Å². The largest absolute Gasteiger partial charge is 0.394 e. The van der Waals surface area contributed by atoms with Gasteiger partial charge in [-0.3, -0.25) is 4.79 Å². The SMILES string of the molecule is CCC(CO)NC(=O)c1cccc(C)c1Cl. The second kappa shape index (κ2) is 5.87. The number of carbonyl (C=O) groups is 1. The van der Waals surface area contributed by atoms with Crippen LogP contribution in [-0.2, 0) is 0 Å². The predicted octanol–water partition coefficient (Wildman–Crippen LogP) is 2.15. The van der Waals surface area contributed by atoms with E-state index in [1.54, 1.807) is 12.1 Å². The van der Waals surface area contributed by atoms with Gasteiger partial charge in [0, 0.05) is 0 Å². The molecule has 1 unspecified atom stereocenters. The molecule has 0 spiro atoms. The third kappa shape index (κ3) is 2.97. The van der Waals surface area contributed by atoms with Crippen LogP contribution in [0.25, 0.3) is 0 Å². The molecule has 0 saturated carbocycles. The highest BCUT2D eigenvalue weighted by atomic mass is 35.5. The van der Waals surface area contributed by atoms with Gasteiger partial charge in [0.25, 0.3) is 5.91 Å². The zero-order chi connectivity index (χ0) is 12.1. The lowest BCUT2D eigenvalue weighted by molar-refractivity contribution is 0.0915. The molecule has 0 saturated heterocycles. The fourth-order valence-electron chi connectivity index (χ4n) is 1.36. The number of hydrogen-bond donors (Lipinski definition) is 2. The van der Waals surface area contributed by atoms with Crippen molar-refractivity contribution in [3.8, 4) is 0 Å². The van der Waals surface area contributed by atoms with Gasteiger partial charge in [0.2, 0.25) is 0 Å². The van der Waals surface area contributed by atoms with Crippen LogP contribution in [0, 0.1) is 6.92 Å². The van der Waals surface area contributed by atoms with Crippen molar-refractivity contribution in [1.29, 1.82) is 0 Å². The van der Waals surface area contributed by atoms with Crippen LogP contribution in [0.2, 0.25) is 5.02 Å². The fourth-order valence-corrected chi connectivity index (χ4v) is 1.57. The van der Waals surface area contributed by atoms with Crippen LogP contribution < -0.4 is 5.32 Å². The monoisotopic (exact) mass is 241 g/mol. The van der Waals surface area contributed by atoms with Gasteiger partial charge in [-0.05, 0) is 25.0 Å². The average Bonchev–Trinajstić information content (AvgIpc) is 2.29. The summed E-state index contributed by atoms with van der Waals surface area (Å²) in [6.45, 7) is 3.69. The molecule has 1 atom stereocenters. The lowest BCUT2D eigenvalue weighted by atomic mass is 10.1. The fraction of sp³-hybridized carbons (Fsp3) is 0.417. The summed E-state index contributed by atoms with van der Waals surface area (Å²) in [6, 6.07) is 5.09. The van der Waals surface area contributed by atoms with Gasteiger partial charge >= 0.3 is 0 Å². The Balaban J connectivity index is 2.84. The Morgan fingerprint density at radius 1 is 1.56 bits per heavy atom. The molecular formula is C12H16ClNO2. The first-order valence-corrected chi connectivity index (χ1v) is 5.64. The molecule has 0 fully saturated rings. The van der Waals surface area contributed by atoms with Crippen LogP contribution in [0.5, 0.6) is 0 Å². The summed E-state index contributed by atoms with van der Waals surface area (Å²) in [4.78, 5) is 11.8. The first-order chi connectivity index (χ1) is 7.60. The van der Waals surface area contributed by atoms with Gasteiger partial charge in [0.05, 0.1) is 23.2 Å². The zero-order valence-corrected chi connectivity index (χ0v) is 10.2. The minimum atomic E-state index is -0.241. The molecule has 0 aliphatic heterocycles. The number of aryl methyl sites for hydroxylation is 1. The maximum atomic E-state index is 11.8. The molecule has 1 aromatic carbocycles. The highest BCUT2D eigenvalue weighted by Gasteiger charge is 2.14. The summed E-state index contributed by atoms with van der Waals surface area (Å²) < 4.78 is 0. The summed E-state index contributed by atoms with van der Waals surface area (Å²) in [6.07, 6.45) is 0.686. The Morgan fingerprint density at radius 3 is 2.81 bits per heavy atom. The molecule has 0 aliphatic rings. The van der Waals surface area contributed by atoms with Gasteiger partial charge in [0.15, 0.2) is 0 Å². The minimum absolute atomic E-state index is 0.0638. The number of aliphatic hydroxyl groups is 1. The molecule has 0 aliphatic carbocycles. The van der Waals surface area contributed by atoms with Crippen LogP contribution in [0.15, 0.2) is 18.2 Å². The van der Waals surface area contributed by atoms with Crippen molar-refractivity contribution < 1.29 is 9.90 Å². The number of benzene rings is 1. The molecule has 1 rings (SSSR count). The third-order valence-electron chi connectivity index (χ3n) is 2.48. The van der Waals surface area contributed by atoms with E-state index in [0.717, 1.165) is 5.56 Å². The van der Waals surface area contributed by atoms with Crippen molar-refractivity contribution in [2.45, 2.75) is 26.3 Å². The first kappa shape index (κ1) is 13.0. The molecule has 4 heteroatoms. The molecule has 0 radical (unpaired) electrons. The Morgan fingerprint density at radius 2 is 2.25 bits per heavy atom.